The third-order valence-corrected chi connectivity index (χ3v) is 13.1. The number of aliphatic hydroxyl groups is 3. The molecule has 0 amide bonds. The summed E-state index contributed by atoms with van der Waals surface area (Å²) in [4.78, 5) is 16.1. The molecular weight excluding hydrogens is 570 g/mol. The highest BCUT2D eigenvalue weighted by Gasteiger charge is 2.89. The molecule has 3 N–H and O–H groups in total. The summed E-state index contributed by atoms with van der Waals surface area (Å²) in [6.45, 7) is 3.73. The van der Waals surface area contributed by atoms with Crippen molar-refractivity contribution in [1.82, 2.24) is 4.90 Å². The number of hydrogen-bond donors (Lipinski definition) is 3. The standard InChI is InChI=1S/C33H47NO10/c1-7-34-15-30(16-39-2)20(35)12-21(41-4)33-19-13-31(37)22(42-5)14-32(38,24(27(33)34)25(43-6)26(30)33)23(19)28(31)44-29(36)17-8-10-18(40-3)11-9-17/h8-11,19-28,35,37-38H,7,12-16H2,1-6H3/t19-,20-,21+,22+,23-,24?,25+,26-,27?,28-,30+,31+,32-,33?/m1/s1. The fourth-order valence-electron chi connectivity index (χ4n) is 12.0. The van der Waals surface area contributed by atoms with Crippen LogP contribution in [0.4, 0.5) is 0 Å². The van der Waals surface area contributed by atoms with Crippen LogP contribution in [0.3, 0.4) is 0 Å². The quantitative estimate of drug-likeness (QED) is 0.344. The Morgan fingerprint density at radius 3 is 2.25 bits per heavy atom. The second kappa shape index (κ2) is 10.3. The largest absolute Gasteiger partial charge is 0.497 e. The molecule has 0 aromatic heterocycles. The monoisotopic (exact) mass is 617 g/mol. The summed E-state index contributed by atoms with van der Waals surface area (Å²) in [7, 11) is 8.13. The van der Waals surface area contributed by atoms with Crippen molar-refractivity contribution in [3.05, 3.63) is 29.8 Å². The van der Waals surface area contributed by atoms with Gasteiger partial charge in [0.25, 0.3) is 0 Å². The van der Waals surface area contributed by atoms with Crippen LogP contribution in [0, 0.1) is 34.5 Å². The van der Waals surface area contributed by atoms with Crippen molar-refractivity contribution in [2.45, 2.75) is 73.9 Å². The number of hydrogen-bond acceptors (Lipinski definition) is 11. The van der Waals surface area contributed by atoms with Gasteiger partial charge in [-0.15, -0.1) is 0 Å². The van der Waals surface area contributed by atoms with E-state index < -0.39 is 64.3 Å². The molecular formula is C33H47NO10. The van der Waals surface area contributed by atoms with Crippen LogP contribution in [0.1, 0.15) is 36.5 Å². The summed E-state index contributed by atoms with van der Waals surface area (Å²) in [6, 6.07) is 6.50. The van der Waals surface area contributed by atoms with Crippen molar-refractivity contribution in [3.63, 3.8) is 0 Å². The topological polar surface area (TPSA) is 136 Å². The Kier molecular flexibility index (Phi) is 7.24. The molecule has 7 rings (SSSR count). The SMILES string of the molecule is CCN1C[C@]2(COC)[C@H](O)C[C@H](OC)C34C1C([C@H](OC)[C@@H]32)[C@@]1(O)C[C@H](OC)[C@@]2(O)C[C@@H]4[C@@H]1[C@H]2OC(=O)c1ccc(OC)cc1. The lowest BCUT2D eigenvalue weighted by Gasteiger charge is -2.70. The number of nitrogens with zero attached hydrogens (tertiary/aromatic N) is 1. The van der Waals surface area contributed by atoms with Gasteiger partial charge in [0.2, 0.25) is 0 Å². The minimum Gasteiger partial charge on any atom is -0.497 e. The molecule has 1 saturated heterocycles. The van der Waals surface area contributed by atoms with Crippen molar-refractivity contribution in [2.24, 2.45) is 34.5 Å². The molecule has 7 bridgehead atoms. The van der Waals surface area contributed by atoms with E-state index in [9.17, 15) is 20.1 Å². The van der Waals surface area contributed by atoms with Gasteiger partial charge in [0.05, 0.1) is 49.3 Å². The Morgan fingerprint density at radius 2 is 1.66 bits per heavy atom. The predicted molar refractivity (Wildman–Crippen MR) is 156 cm³/mol. The first kappa shape index (κ1) is 30.8. The maximum absolute atomic E-state index is 13.7. The molecule has 244 valence electrons. The molecule has 11 heteroatoms. The molecule has 5 aliphatic carbocycles. The molecule has 11 nitrogen and oxygen atoms in total. The Labute approximate surface area is 258 Å². The number of piperidine rings is 1. The number of carbonyl (C=O) groups is 1. The highest BCUT2D eigenvalue weighted by Crippen LogP contribution is 2.80. The first-order chi connectivity index (χ1) is 21.1. The number of ether oxygens (including phenoxy) is 6. The predicted octanol–water partition coefficient (Wildman–Crippen LogP) is 1.12. The van der Waals surface area contributed by atoms with Crippen molar-refractivity contribution in [3.8, 4) is 5.75 Å². The van der Waals surface area contributed by atoms with E-state index in [1.807, 2.05) is 0 Å². The van der Waals surface area contributed by atoms with E-state index in [-0.39, 0.29) is 36.8 Å². The van der Waals surface area contributed by atoms with E-state index in [0.29, 0.717) is 37.4 Å². The van der Waals surface area contributed by atoms with Gasteiger partial charge in [-0.25, -0.2) is 4.79 Å². The molecule has 3 unspecified atom stereocenters. The zero-order valence-corrected chi connectivity index (χ0v) is 26.5. The number of fused-ring (bicyclic) bond motifs is 2. The lowest BCUT2D eigenvalue weighted by Crippen LogP contribution is -2.79. The number of esters is 1. The number of methoxy groups -OCH3 is 5. The number of likely N-dealkylation sites (tertiary alicyclic amines) is 1. The minimum absolute atomic E-state index is 0.146. The summed E-state index contributed by atoms with van der Waals surface area (Å²) in [5.74, 6) is -1.54. The van der Waals surface area contributed by atoms with Gasteiger partial charge in [-0.3, -0.25) is 4.90 Å². The molecule has 5 saturated carbocycles. The van der Waals surface area contributed by atoms with E-state index in [2.05, 4.69) is 11.8 Å². The average Bonchev–Trinajstić information content (AvgIpc) is 3.41. The van der Waals surface area contributed by atoms with E-state index in [4.69, 9.17) is 28.4 Å². The summed E-state index contributed by atoms with van der Waals surface area (Å²) in [5, 5.41) is 37.7. The van der Waals surface area contributed by atoms with Crippen LogP contribution in [-0.2, 0) is 23.7 Å². The van der Waals surface area contributed by atoms with Crippen LogP contribution < -0.4 is 4.74 Å². The Balaban J connectivity index is 1.42. The number of carbonyl (C=O) groups excluding carboxylic acids is 1. The number of rotatable bonds is 9. The van der Waals surface area contributed by atoms with Crippen molar-refractivity contribution in [2.75, 3.05) is 55.2 Å². The summed E-state index contributed by atoms with van der Waals surface area (Å²) in [6.07, 6.45) is -2.51. The van der Waals surface area contributed by atoms with E-state index in [0.717, 1.165) is 0 Å². The van der Waals surface area contributed by atoms with Crippen molar-refractivity contribution >= 4 is 5.97 Å². The molecule has 6 aliphatic rings. The normalized spacial score (nSPS) is 50.0. The molecule has 6 fully saturated rings. The van der Waals surface area contributed by atoms with Crippen molar-refractivity contribution < 1.29 is 48.5 Å². The third-order valence-electron chi connectivity index (χ3n) is 13.1. The molecule has 0 radical (unpaired) electrons. The van der Waals surface area contributed by atoms with Crippen LogP contribution in [0.15, 0.2) is 24.3 Å². The van der Waals surface area contributed by atoms with Gasteiger partial charge in [0.15, 0.2) is 0 Å². The van der Waals surface area contributed by atoms with Gasteiger partial charge >= 0.3 is 5.97 Å². The van der Waals surface area contributed by atoms with Gasteiger partial charge in [-0.1, -0.05) is 6.92 Å². The lowest BCUT2D eigenvalue weighted by molar-refractivity contribution is -0.298. The minimum atomic E-state index is -1.54. The van der Waals surface area contributed by atoms with Crippen LogP contribution >= 0.6 is 0 Å². The Morgan fingerprint density at radius 1 is 0.955 bits per heavy atom. The van der Waals surface area contributed by atoms with Gasteiger partial charge in [0.1, 0.15) is 17.5 Å². The van der Waals surface area contributed by atoms with Crippen LogP contribution in [0.5, 0.6) is 5.75 Å². The average molecular weight is 618 g/mol. The molecule has 1 heterocycles. The third kappa shape index (κ3) is 3.48. The van der Waals surface area contributed by atoms with Crippen LogP contribution in [0.2, 0.25) is 0 Å². The second-order valence-electron chi connectivity index (χ2n) is 14.2. The van der Waals surface area contributed by atoms with E-state index in [1.165, 1.54) is 7.11 Å². The smallest absolute Gasteiger partial charge is 0.338 e. The summed E-state index contributed by atoms with van der Waals surface area (Å²) < 4.78 is 36.2. The summed E-state index contributed by atoms with van der Waals surface area (Å²) in [5.41, 5.74) is -3.92. The van der Waals surface area contributed by atoms with Gasteiger partial charge < -0.3 is 43.7 Å². The maximum Gasteiger partial charge on any atom is 0.338 e. The first-order valence-electron chi connectivity index (χ1n) is 15.9. The van der Waals surface area contributed by atoms with Crippen molar-refractivity contribution in [1.29, 1.82) is 0 Å². The fourth-order valence-corrected chi connectivity index (χ4v) is 12.0. The zero-order valence-electron chi connectivity index (χ0n) is 26.5. The maximum atomic E-state index is 13.7. The van der Waals surface area contributed by atoms with E-state index in [1.54, 1.807) is 52.7 Å². The van der Waals surface area contributed by atoms with Gasteiger partial charge in [-0.05, 0) is 43.1 Å². The lowest BCUT2D eigenvalue weighted by atomic mass is 9.42. The molecule has 1 aromatic rings. The number of aliphatic hydroxyl groups excluding tert-OH is 1. The highest BCUT2D eigenvalue weighted by atomic mass is 16.6. The van der Waals surface area contributed by atoms with Gasteiger partial charge in [-0.2, -0.15) is 0 Å². The number of benzene rings is 1. The Bertz CT molecular complexity index is 1280. The first-order valence-corrected chi connectivity index (χ1v) is 15.9. The zero-order chi connectivity index (χ0) is 31.4. The van der Waals surface area contributed by atoms with Gasteiger partial charge in [0, 0.05) is 82.5 Å². The second-order valence-corrected chi connectivity index (χ2v) is 14.2. The molecule has 14 atom stereocenters. The Hall–Kier alpha value is -1.83. The molecule has 1 spiro atoms. The molecule has 1 aliphatic heterocycles. The molecule has 44 heavy (non-hydrogen) atoms. The van der Waals surface area contributed by atoms with E-state index >= 15 is 0 Å². The molecule has 1 aromatic carbocycles. The van der Waals surface area contributed by atoms with Crippen LogP contribution in [0.25, 0.3) is 0 Å². The summed E-state index contributed by atoms with van der Waals surface area (Å²) >= 11 is 0. The fraction of sp³-hybridized carbons (Fsp3) is 0.788. The van der Waals surface area contributed by atoms with Crippen LogP contribution in [-0.4, -0.2) is 129 Å². The highest BCUT2D eigenvalue weighted by molar-refractivity contribution is 5.89.